The summed E-state index contributed by atoms with van der Waals surface area (Å²) in [6, 6.07) is 3.35. The minimum absolute atomic E-state index is 0.120. The van der Waals surface area contributed by atoms with Crippen molar-refractivity contribution in [1.82, 2.24) is 0 Å². The van der Waals surface area contributed by atoms with Gasteiger partial charge in [-0.3, -0.25) is 19.7 Å². The fourth-order valence-electron chi connectivity index (χ4n) is 2.19. The summed E-state index contributed by atoms with van der Waals surface area (Å²) in [4.78, 5) is 32.5. The van der Waals surface area contributed by atoms with Crippen LogP contribution in [0.5, 0.6) is 0 Å². The molecule has 0 spiro atoms. The molecule has 21 heavy (non-hydrogen) atoms. The average molecular weight is 293 g/mol. The molecule has 0 radical (unpaired) electrons. The smallest absolute Gasteiger partial charge is 0.305 e. The first-order valence-corrected chi connectivity index (χ1v) is 6.45. The lowest BCUT2D eigenvalue weighted by molar-refractivity contribution is -0.384. The van der Waals surface area contributed by atoms with Gasteiger partial charge in [0.25, 0.3) is 5.69 Å². The second-order valence-corrected chi connectivity index (χ2v) is 5.04. The van der Waals surface area contributed by atoms with E-state index in [1.807, 2.05) is 0 Å². The van der Waals surface area contributed by atoms with Crippen molar-refractivity contribution in [1.29, 1.82) is 0 Å². The largest absolute Gasteiger partial charge is 0.481 e. The lowest BCUT2D eigenvalue weighted by atomic mass is 10.1. The Balaban J connectivity index is 2.30. The number of carboxylic acids is 1. The molecule has 1 aromatic carbocycles. The zero-order valence-electron chi connectivity index (χ0n) is 11.1. The molecule has 1 amide bonds. The zero-order chi connectivity index (χ0) is 15.6. The molecule has 0 aliphatic heterocycles. The zero-order valence-corrected chi connectivity index (χ0v) is 11.1. The summed E-state index contributed by atoms with van der Waals surface area (Å²) in [6.07, 6.45) is 1.63. The average Bonchev–Trinajstić information content (AvgIpc) is 3.21. The molecule has 112 valence electrons. The lowest BCUT2D eigenvalue weighted by Gasteiger charge is -2.18. The Morgan fingerprint density at radius 3 is 2.62 bits per heavy atom. The van der Waals surface area contributed by atoms with Crippen molar-refractivity contribution in [2.45, 2.75) is 25.3 Å². The number of anilines is 1. The van der Waals surface area contributed by atoms with E-state index < -0.39 is 22.8 Å². The van der Waals surface area contributed by atoms with Gasteiger partial charge in [-0.1, -0.05) is 0 Å². The van der Waals surface area contributed by atoms with E-state index >= 15 is 0 Å². The number of nitrogens with two attached hydrogens (primary N) is 1. The minimum atomic E-state index is -0.979. The molecule has 1 aliphatic carbocycles. The molecule has 8 heteroatoms. The van der Waals surface area contributed by atoms with Gasteiger partial charge in [-0.05, 0) is 30.9 Å². The first-order chi connectivity index (χ1) is 9.88. The van der Waals surface area contributed by atoms with Crippen LogP contribution in [0, 0.1) is 16.0 Å². The normalized spacial score (nSPS) is 15.2. The van der Waals surface area contributed by atoms with Crippen LogP contribution in [0.3, 0.4) is 0 Å². The number of nitrogens with zero attached hydrogens (tertiary/aromatic N) is 1. The van der Waals surface area contributed by atoms with E-state index in [9.17, 15) is 19.7 Å². The maximum absolute atomic E-state index is 11.2. The van der Waals surface area contributed by atoms with E-state index in [4.69, 9.17) is 10.8 Å². The molecule has 1 unspecified atom stereocenters. The lowest BCUT2D eigenvalue weighted by Crippen LogP contribution is -2.26. The van der Waals surface area contributed by atoms with Crippen molar-refractivity contribution in [3.63, 3.8) is 0 Å². The van der Waals surface area contributed by atoms with Crippen LogP contribution in [0.2, 0.25) is 0 Å². The highest BCUT2D eigenvalue weighted by molar-refractivity contribution is 5.94. The molecule has 1 atom stereocenters. The monoisotopic (exact) mass is 293 g/mol. The Kier molecular flexibility index (Phi) is 4.06. The summed E-state index contributed by atoms with van der Waals surface area (Å²) in [7, 11) is 0. The number of nitrogens with one attached hydrogen (secondary N) is 1. The van der Waals surface area contributed by atoms with Gasteiger partial charge in [-0.15, -0.1) is 0 Å². The fourth-order valence-corrected chi connectivity index (χ4v) is 2.19. The highest BCUT2D eigenvalue weighted by Crippen LogP contribution is 2.37. The molecule has 1 aromatic rings. The molecule has 1 aliphatic rings. The van der Waals surface area contributed by atoms with Gasteiger partial charge >= 0.3 is 5.97 Å². The predicted molar refractivity (Wildman–Crippen MR) is 74.0 cm³/mol. The number of hydrogen-bond donors (Lipinski definition) is 3. The van der Waals surface area contributed by atoms with Crippen molar-refractivity contribution in [2.75, 3.05) is 5.32 Å². The van der Waals surface area contributed by atoms with Crippen LogP contribution in [0.1, 0.15) is 29.6 Å². The van der Waals surface area contributed by atoms with Crippen LogP contribution >= 0.6 is 0 Å². The number of amides is 1. The van der Waals surface area contributed by atoms with Gasteiger partial charge in [-0.2, -0.15) is 0 Å². The van der Waals surface area contributed by atoms with Gasteiger partial charge < -0.3 is 16.2 Å². The maximum Gasteiger partial charge on any atom is 0.305 e. The van der Waals surface area contributed by atoms with Gasteiger partial charge in [0.1, 0.15) is 5.69 Å². The highest BCUT2D eigenvalue weighted by Gasteiger charge is 2.34. The first kappa shape index (κ1) is 14.8. The molecule has 0 heterocycles. The van der Waals surface area contributed by atoms with E-state index in [0.717, 1.165) is 12.8 Å². The SMILES string of the molecule is NC(=O)c1ccc([N+](=O)[O-])c(NC(CC(=O)O)C2CC2)c1. The summed E-state index contributed by atoms with van der Waals surface area (Å²) < 4.78 is 0. The summed E-state index contributed by atoms with van der Waals surface area (Å²) in [6.45, 7) is 0. The topological polar surface area (TPSA) is 136 Å². The number of primary amides is 1. The number of carbonyl (C=O) groups excluding carboxylic acids is 1. The molecular formula is C13H15N3O5. The number of rotatable bonds is 7. The number of carboxylic acid groups (broad SMARTS) is 1. The Morgan fingerprint density at radius 2 is 2.14 bits per heavy atom. The molecule has 8 nitrogen and oxygen atoms in total. The number of nitro groups is 1. The standard InChI is InChI=1S/C13H15N3O5/c14-13(19)8-3-4-11(16(20)21)10(5-8)15-9(6-12(17)18)7-1-2-7/h3-5,7,9,15H,1-2,6H2,(H2,14,19)(H,17,18). The van der Waals surface area contributed by atoms with Crippen molar-refractivity contribution in [2.24, 2.45) is 11.7 Å². The van der Waals surface area contributed by atoms with Crippen LogP contribution in [0.25, 0.3) is 0 Å². The van der Waals surface area contributed by atoms with E-state index in [-0.39, 0.29) is 29.3 Å². The van der Waals surface area contributed by atoms with Crippen LogP contribution in [0.4, 0.5) is 11.4 Å². The number of benzene rings is 1. The van der Waals surface area contributed by atoms with E-state index in [1.54, 1.807) is 0 Å². The van der Waals surface area contributed by atoms with Crippen molar-refractivity contribution in [3.8, 4) is 0 Å². The van der Waals surface area contributed by atoms with E-state index in [1.165, 1.54) is 18.2 Å². The van der Waals surface area contributed by atoms with E-state index in [2.05, 4.69) is 5.32 Å². The predicted octanol–water partition coefficient (Wildman–Crippen LogP) is 1.36. The molecule has 1 saturated carbocycles. The van der Waals surface area contributed by atoms with Crippen molar-refractivity contribution in [3.05, 3.63) is 33.9 Å². The van der Waals surface area contributed by atoms with Crippen LogP contribution in [-0.2, 0) is 4.79 Å². The maximum atomic E-state index is 11.2. The van der Waals surface area contributed by atoms with Gasteiger partial charge in [0.15, 0.2) is 0 Å². The number of carbonyl (C=O) groups is 2. The summed E-state index contributed by atoms with van der Waals surface area (Å²) in [5, 5.41) is 22.8. The summed E-state index contributed by atoms with van der Waals surface area (Å²) >= 11 is 0. The molecule has 0 bridgehead atoms. The Hall–Kier alpha value is -2.64. The summed E-state index contributed by atoms with van der Waals surface area (Å²) in [5.41, 5.74) is 5.20. The highest BCUT2D eigenvalue weighted by atomic mass is 16.6. The summed E-state index contributed by atoms with van der Waals surface area (Å²) in [5.74, 6) is -1.50. The van der Waals surface area contributed by atoms with Crippen LogP contribution < -0.4 is 11.1 Å². The second kappa shape index (κ2) is 5.78. The molecule has 4 N–H and O–H groups in total. The Labute approximate surface area is 120 Å². The third-order valence-electron chi connectivity index (χ3n) is 3.40. The van der Waals surface area contributed by atoms with Gasteiger partial charge in [-0.25, -0.2) is 0 Å². The molecule has 0 aromatic heterocycles. The van der Waals surface area contributed by atoms with Crippen LogP contribution in [-0.4, -0.2) is 27.9 Å². The van der Waals surface area contributed by atoms with Gasteiger partial charge in [0.05, 0.1) is 11.3 Å². The van der Waals surface area contributed by atoms with Gasteiger partial charge in [0, 0.05) is 17.7 Å². The minimum Gasteiger partial charge on any atom is -0.481 e. The number of aliphatic carboxylic acids is 1. The number of nitro benzene ring substituents is 1. The molecule has 2 rings (SSSR count). The third-order valence-corrected chi connectivity index (χ3v) is 3.40. The van der Waals surface area contributed by atoms with Crippen molar-refractivity contribution < 1.29 is 19.6 Å². The van der Waals surface area contributed by atoms with Gasteiger partial charge in [0.2, 0.25) is 5.91 Å². The Morgan fingerprint density at radius 1 is 1.48 bits per heavy atom. The van der Waals surface area contributed by atoms with Crippen LogP contribution in [0.15, 0.2) is 18.2 Å². The molecule has 0 saturated heterocycles. The molecular weight excluding hydrogens is 278 g/mol. The third kappa shape index (κ3) is 3.68. The number of hydrogen-bond acceptors (Lipinski definition) is 5. The quantitative estimate of drug-likeness (QED) is 0.513. The van der Waals surface area contributed by atoms with Crippen molar-refractivity contribution >= 4 is 23.3 Å². The fraction of sp³-hybridized carbons (Fsp3) is 0.385. The Bertz CT molecular complexity index is 597. The molecule has 1 fully saturated rings. The first-order valence-electron chi connectivity index (χ1n) is 6.45. The second-order valence-electron chi connectivity index (χ2n) is 5.04. The van der Waals surface area contributed by atoms with E-state index in [0.29, 0.717) is 0 Å².